The molecule has 3 aromatic rings. The summed E-state index contributed by atoms with van der Waals surface area (Å²) < 4.78 is 46.8. The van der Waals surface area contributed by atoms with Gasteiger partial charge in [-0.25, -0.2) is 12.8 Å². The number of rotatable bonds is 6. The fourth-order valence-corrected chi connectivity index (χ4v) is 5.45. The van der Waals surface area contributed by atoms with Crippen LogP contribution in [0.5, 0.6) is 0 Å². The summed E-state index contributed by atoms with van der Waals surface area (Å²) in [7, 11) is -3.70. The van der Waals surface area contributed by atoms with Crippen molar-refractivity contribution in [2.75, 3.05) is 6.54 Å². The molecule has 0 N–H and O–H groups in total. The summed E-state index contributed by atoms with van der Waals surface area (Å²) in [6.45, 7) is 4.64. The van der Waals surface area contributed by atoms with Crippen molar-refractivity contribution in [3.05, 3.63) is 65.8 Å². The highest BCUT2D eigenvalue weighted by Gasteiger charge is 2.39. The van der Waals surface area contributed by atoms with E-state index in [9.17, 15) is 12.8 Å². The van der Waals surface area contributed by atoms with Crippen LogP contribution in [0.4, 0.5) is 4.39 Å². The maximum absolute atomic E-state index is 13.5. The first-order valence-corrected chi connectivity index (χ1v) is 11.5. The summed E-state index contributed by atoms with van der Waals surface area (Å²) in [5.41, 5.74) is 1.59. The number of benzene rings is 2. The molecular formula is C22H24FN3O3S. The molecule has 0 amide bonds. The third-order valence-corrected chi connectivity index (χ3v) is 7.11. The standard InChI is InChI=1S/C22H24FN3O3S/c1-15(2)13-16-8-10-19(11-9-16)30(27,28)26-12-4-7-20(26)22-24-21(25-29-22)17-5-3-6-18(23)14-17/h3,5-6,8-11,14-15,20H,4,7,12-13H2,1-2H3/t20-/m1/s1. The number of aromatic nitrogens is 2. The van der Waals surface area contributed by atoms with Crippen molar-refractivity contribution in [2.24, 2.45) is 5.92 Å². The molecular weight excluding hydrogens is 405 g/mol. The van der Waals surface area contributed by atoms with Crippen LogP contribution in [0.15, 0.2) is 57.9 Å². The second kappa shape index (κ2) is 8.28. The summed E-state index contributed by atoms with van der Waals surface area (Å²) in [5.74, 6) is 0.573. The molecule has 1 atom stereocenters. The average Bonchev–Trinajstić information content (AvgIpc) is 3.38. The van der Waals surface area contributed by atoms with Crippen LogP contribution in [0, 0.1) is 11.7 Å². The van der Waals surface area contributed by atoms with Crippen LogP contribution in [0.1, 0.15) is 44.2 Å². The van der Waals surface area contributed by atoms with Gasteiger partial charge in [-0.15, -0.1) is 0 Å². The number of sulfonamides is 1. The lowest BCUT2D eigenvalue weighted by molar-refractivity contribution is 0.290. The third kappa shape index (κ3) is 4.15. The molecule has 0 radical (unpaired) electrons. The van der Waals surface area contributed by atoms with E-state index in [1.807, 2.05) is 12.1 Å². The van der Waals surface area contributed by atoms with Crippen LogP contribution in [-0.2, 0) is 16.4 Å². The molecule has 1 aliphatic rings. The summed E-state index contributed by atoms with van der Waals surface area (Å²) in [6, 6.07) is 12.4. The molecule has 30 heavy (non-hydrogen) atoms. The van der Waals surface area contributed by atoms with Gasteiger partial charge in [-0.2, -0.15) is 9.29 Å². The average molecular weight is 430 g/mol. The zero-order valence-electron chi connectivity index (χ0n) is 17.0. The van der Waals surface area contributed by atoms with Crippen molar-refractivity contribution in [1.29, 1.82) is 0 Å². The van der Waals surface area contributed by atoms with Crippen LogP contribution < -0.4 is 0 Å². The molecule has 1 aliphatic heterocycles. The van der Waals surface area contributed by atoms with Gasteiger partial charge in [0.25, 0.3) is 0 Å². The zero-order valence-corrected chi connectivity index (χ0v) is 17.8. The SMILES string of the molecule is CC(C)Cc1ccc(S(=O)(=O)N2CCC[C@@H]2c2nc(-c3cccc(F)c3)no2)cc1. The molecule has 4 rings (SSSR count). The molecule has 1 fully saturated rings. The predicted molar refractivity (Wildman–Crippen MR) is 111 cm³/mol. The van der Waals surface area contributed by atoms with Gasteiger partial charge in [-0.3, -0.25) is 0 Å². The Labute approximate surface area is 175 Å². The van der Waals surface area contributed by atoms with Gasteiger partial charge < -0.3 is 4.52 Å². The Hall–Kier alpha value is -2.58. The molecule has 0 unspecified atom stereocenters. The van der Waals surface area contributed by atoms with Gasteiger partial charge >= 0.3 is 0 Å². The van der Waals surface area contributed by atoms with Gasteiger partial charge in [0.15, 0.2) is 0 Å². The maximum atomic E-state index is 13.5. The van der Waals surface area contributed by atoms with Crippen LogP contribution in [-0.4, -0.2) is 29.4 Å². The number of nitrogens with zero attached hydrogens (tertiary/aromatic N) is 3. The molecule has 0 bridgehead atoms. The molecule has 0 aliphatic carbocycles. The highest BCUT2D eigenvalue weighted by atomic mass is 32.2. The third-order valence-electron chi connectivity index (χ3n) is 5.19. The lowest BCUT2D eigenvalue weighted by Gasteiger charge is -2.21. The van der Waals surface area contributed by atoms with Crippen LogP contribution >= 0.6 is 0 Å². The first-order chi connectivity index (χ1) is 14.3. The quantitative estimate of drug-likeness (QED) is 0.572. The van der Waals surface area contributed by atoms with E-state index in [0.29, 0.717) is 30.9 Å². The molecule has 0 saturated carbocycles. The van der Waals surface area contributed by atoms with Crippen LogP contribution in [0.25, 0.3) is 11.4 Å². The summed E-state index contributed by atoms with van der Waals surface area (Å²) >= 11 is 0. The second-order valence-electron chi connectivity index (χ2n) is 7.98. The largest absolute Gasteiger partial charge is 0.337 e. The Morgan fingerprint density at radius 2 is 1.97 bits per heavy atom. The van der Waals surface area contributed by atoms with Gasteiger partial charge in [0.05, 0.1) is 4.90 Å². The van der Waals surface area contributed by atoms with Gasteiger partial charge in [0, 0.05) is 12.1 Å². The smallest absolute Gasteiger partial charge is 0.245 e. The summed E-state index contributed by atoms with van der Waals surface area (Å²) in [6.07, 6.45) is 2.19. The molecule has 8 heteroatoms. The first-order valence-electron chi connectivity index (χ1n) is 10.0. The minimum Gasteiger partial charge on any atom is -0.337 e. The van der Waals surface area contributed by atoms with Crippen LogP contribution in [0.3, 0.4) is 0 Å². The lowest BCUT2D eigenvalue weighted by Crippen LogP contribution is -2.30. The first kappa shape index (κ1) is 20.7. The van der Waals surface area contributed by atoms with E-state index in [2.05, 4.69) is 24.0 Å². The molecule has 158 valence electrons. The van der Waals surface area contributed by atoms with Crippen molar-refractivity contribution in [3.63, 3.8) is 0 Å². The van der Waals surface area contributed by atoms with Crippen molar-refractivity contribution >= 4 is 10.0 Å². The van der Waals surface area contributed by atoms with Crippen molar-refractivity contribution in [2.45, 2.75) is 44.0 Å². The summed E-state index contributed by atoms with van der Waals surface area (Å²) in [4.78, 5) is 4.61. The molecule has 1 aromatic heterocycles. The maximum Gasteiger partial charge on any atom is 0.245 e. The highest BCUT2D eigenvalue weighted by Crippen LogP contribution is 2.36. The monoisotopic (exact) mass is 429 g/mol. The minimum absolute atomic E-state index is 0.228. The van der Waals surface area contributed by atoms with Crippen molar-refractivity contribution in [3.8, 4) is 11.4 Å². The van der Waals surface area contributed by atoms with E-state index in [4.69, 9.17) is 4.52 Å². The Morgan fingerprint density at radius 3 is 2.67 bits per heavy atom. The van der Waals surface area contributed by atoms with Gasteiger partial charge in [-0.05, 0) is 55.0 Å². The zero-order chi connectivity index (χ0) is 21.3. The van der Waals surface area contributed by atoms with Gasteiger partial charge in [0.1, 0.15) is 11.9 Å². The van der Waals surface area contributed by atoms with Gasteiger partial charge in [-0.1, -0.05) is 43.3 Å². The van der Waals surface area contributed by atoms with Crippen molar-refractivity contribution in [1.82, 2.24) is 14.4 Å². The van der Waals surface area contributed by atoms with E-state index in [-0.39, 0.29) is 16.6 Å². The second-order valence-corrected chi connectivity index (χ2v) is 9.87. The van der Waals surface area contributed by atoms with Crippen molar-refractivity contribution < 1.29 is 17.3 Å². The Bertz CT molecular complexity index is 1130. The fraction of sp³-hybridized carbons (Fsp3) is 0.364. The number of hydrogen-bond acceptors (Lipinski definition) is 5. The number of hydrogen-bond donors (Lipinski definition) is 0. The minimum atomic E-state index is -3.70. The van der Waals surface area contributed by atoms with Crippen LogP contribution in [0.2, 0.25) is 0 Å². The summed E-state index contributed by atoms with van der Waals surface area (Å²) in [5, 5.41) is 3.93. The van der Waals surface area contributed by atoms with E-state index < -0.39 is 21.9 Å². The molecule has 2 heterocycles. The lowest BCUT2D eigenvalue weighted by atomic mass is 10.0. The Kier molecular flexibility index (Phi) is 5.71. The topological polar surface area (TPSA) is 76.3 Å². The highest BCUT2D eigenvalue weighted by molar-refractivity contribution is 7.89. The van der Waals surface area contributed by atoms with E-state index in [1.54, 1.807) is 24.3 Å². The fourth-order valence-electron chi connectivity index (χ4n) is 3.79. The number of halogens is 1. The van der Waals surface area contributed by atoms with E-state index in [1.165, 1.54) is 16.4 Å². The van der Waals surface area contributed by atoms with E-state index >= 15 is 0 Å². The normalized spacial score (nSPS) is 17.7. The van der Waals surface area contributed by atoms with E-state index in [0.717, 1.165) is 12.0 Å². The Balaban J connectivity index is 1.59. The molecule has 2 aromatic carbocycles. The molecule has 0 spiro atoms. The Morgan fingerprint density at radius 1 is 1.20 bits per heavy atom. The van der Waals surface area contributed by atoms with Gasteiger partial charge in [0.2, 0.25) is 21.7 Å². The predicted octanol–water partition coefficient (Wildman–Crippen LogP) is 4.60. The molecule has 6 nitrogen and oxygen atoms in total. The molecule has 1 saturated heterocycles.